The van der Waals surface area contributed by atoms with Crippen LogP contribution < -0.4 is 0 Å². The molecule has 0 aliphatic rings. The lowest BCUT2D eigenvalue weighted by atomic mass is 10.0. The molecular formula is C63H124O5. The predicted molar refractivity (Wildman–Crippen MR) is 298 cm³/mol. The third-order valence-corrected chi connectivity index (χ3v) is 14.9. The molecule has 0 saturated heterocycles. The fraction of sp³-hybridized carbons (Fsp3) is 0.968. The van der Waals surface area contributed by atoms with Crippen LogP contribution >= 0.6 is 0 Å². The number of carbonyl (C=O) groups excluding carboxylic acids is 2. The summed E-state index contributed by atoms with van der Waals surface area (Å²) in [6.07, 6.45) is 74.0. The Balaban J connectivity index is 3.37. The van der Waals surface area contributed by atoms with E-state index in [1.807, 2.05) is 0 Å². The molecule has 0 fully saturated rings. The van der Waals surface area contributed by atoms with Crippen LogP contribution in [0.15, 0.2) is 0 Å². The van der Waals surface area contributed by atoms with Crippen LogP contribution in [0.1, 0.15) is 373 Å². The van der Waals surface area contributed by atoms with Crippen molar-refractivity contribution in [2.45, 2.75) is 380 Å². The Hall–Kier alpha value is -1.10. The molecule has 0 aliphatic heterocycles. The van der Waals surface area contributed by atoms with E-state index < -0.39 is 6.10 Å². The first-order valence-corrected chi connectivity index (χ1v) is 31.6. The van der Waals surface area contributed by atoms with Gasteiger partial charge in [-0.25, -0.2) is 0 Å². The molecule has 1 atom stereocenters. The largest absolute Gasteiger partial charge is 0.462 e. The smallest absolute Gasteiger partial charge is 0.306 e. The van der Waals surface area contributed by atoms with Crippen molar-refractivity contribution in [3.8, 4) is 0 Å². The van der Waals surface area contributed by atoms with Crippen molar-refractivity contribution in [2.24, 2.45) is 0 Å². The van der Waals surface area contributed by atoms with Gasteiger partial charge in [-0.05, 0) is 12.8 Å². The number of aliphatic hydroxyl groups is 1. The van der Waals surface area contributed by atoms with Crippen LogP contribution in [0.5, 0.6) is 0 Å². The minimum Gasteiger partial charge on any atom is -0.462 e. The van der Waals surface area contributed by atoms with Gasteiger partial charge in [-0.3, -0.25) is 9.59 Å². The van der Waals surface area contributed by atoms with E-state index in [1.54, 1.807) is 0 Å². The van der Waals surface area contributed by atoms with E-state index in [0.29, 0.717) is 12.8 Å². The highest BCUT2D eigenvalue weighted by atomic mass is 16.6. The second kappa shape index (κ2) is 60.2. The first-order chi connectivity index (χ1) is 33.6. The summed E-state index contributed by atoms with van der Waals surface area (Å²) in [4.78, 5) is 24.6. The standard InChI is InChI=1S/C63H124O5/c1-3-5-7-9-11-13-15-17-19-21-23-25-27-28-29-30-31-32-33-34-36-38-40-42-44-46-48-50-52-54-56-58-63(66)68-61(59-64)60-67-62(65)57-55-53-51-49-47-45-43-41-39-37-35-26-24-22-20-18-16-14-12-10-8-6-4-2/h61,64H,3-60H2,1-2H3. The molecule has 0 aromatic carbocycles. The third-order valence-electron chi connectivity index (χ3n) is 14.9. The average molecular weight is 962 g/mol. The van der Waals surface area contributed by atoms with Gasteiger partial charge in [0, 0.05) is 12.8 Å². The van der Waals surface area contributed by atoms with Crippen LogP contribution in [-0.4, -0.2) is 36.4 Å². The highest BCUT2D eigenvalue weighted by Crippen LogP contribution is 2.19. The maximum Gasteiger partial charge on any atom is 0.306 e. The molecule has 0 heterocycles. The number of esters is 2. The van der Waals surface area contributed by atoms with E-state index in [4.69, 9.17) is 9.47 Å². The number of unbranched alkanes of at least 4 members (excludes halogenated alkanes) is 52. The number of ether oxygens (including phenoxy) is 2. The number of carbonyl (C=O) groups is 2. The summed E-state index contributed by atoms with van der Waals surface area (Å²) < 4.78 is 10.7. The molecule has 0 aromatic rings. The van der Waals surface area contributed by atoms with Crippen LogP contribution in [0, 0.1) is 0 Å². The summed E-state index contributed by atoms with van der Waals surface area (Å²) in [5.41, 5.74) is 0. The van der Waals surface area contributed by atoms with Crippen LogP contribution in [0.3, 0.4) is 0 Å². The van der Waals surface area contributed by atoms with Crippen molar-refractivity contribution < 1.29 is 24.2 Å². The lowest BCUT2D eigenvalue weighted by molar-refractivity contribution is -0.161. The normalized spacial score (nSPS) is 12.0. The molecule has 5 heteroatoms. The molecule has 0 bridgehead atoms. The van der Waals surface area contributed by atoms with Gasteiger partial charge in [0.2, 0.25) is 0 Å². The van der Waals surface area contributed by atoms with Gasteiger partial charge in [0.1, 0.15) is 6.61 Å². The van der Waals surface area contributed by atoms with Gasteiger partial charge in [0.25, 0.3) is 0 Å². The van der Waals surface area contributed by atoms with Gasteiger partial charge in [-0.15, -0.1) is 0 Å². The fourth-order valence-corrected chi connectivity index (χ4v) is 10.2. The molecule has 0 saturated carbocycles. The zero-order valence-corrected chi connectivity index (χ0v) is 46.7. The van der Waals surface area contributed by atoms with Crippen LogP contribution in [-0.2, 0) is 19.1 Å². The van der Waals surface area contributed by atoms with E-state index in [-0.39, 0.29) is 25.2 Å². The molecule has 5 nitrogen and oxygen atoms in total. The van der Waals surface area contributed by atoms with E-state index in [9.17, 15) is 14.7 Å². The zero-order valence-electron chi connectivity index (χ0n) is 46.7. The summed E-state index contributed by atoms with van der Waals surface area (Å²) in [5, 5.41) is 9.67. The van der Waals surface area contributed by atoms with Gasteiger partial charge in [-0.2, -0.15) is 0 Å². The second-order valence-electron chi connectivity index (χ2n) is 21.9. The molecule has 1 N–H and O–H groups in total. The molecule has 0 aliphatic carbocycles. The summed E-state index contributed by atoms with van der Waals surface area (Å²) in [6.45, 7) is 4.22. The highest BCUT2D eigenvalue weighted by molar-refractivity contribution is 5.70. The number of rotatable bonds is 60. The molecule has 68 heavy (non-hydrogen) atoms. The minimum absolute atomic E-state index is 0.0555. The fourth-order valence-electron chi connectivity index (χ4n) is 10.2. The maximum atomic E-state index is 12.3. The van der Waals surface area contributed by atoms with Gasteiger partial charge in [-0.1, -0.05) is 348 Å². The Bertz CT molecular complexity index is 952. The van der Waals surface area contributed by atoms with Gasteiger partial charge in [0.05, 0.1) is 6.61 Å². The van der Waals surface area contributed by atoms with Crippen molar-refractivity contribution in [3.63, 3.8) is 0 Å². The molecular weight excluding hydrogens is 837 g/mol. The summed E-state index contributed by atoms with van der Waals surface area (Å²) in [5.74, 6) is -0.561. The van der Waals surface area contributed by atoms with E-state index in [2.05, 4.69) is 13.8 Å². The summed E-state index contributed by atoms with van der Waals surface area (Å²) in [6, 6.07) is 0. The molecule has 0 aromatic heterocycles. The lowest BCUT2D eigenvalue weighted by Crippen LogP contribution is -2.28. The third kappa shape index (κ3) is 57.5. The lowest BCUT2D eigenvalue weighted by Gasteiger charge is -2.15. The quantitative estimate of drug-likeness (QED) is 0.0486. The van der Waals surface area contributed by atoms with E-state index >= 15 is 0 Å². The Morgan fingerprint density at radius 1 is 0.279 bits per heavy atom. The molecule has 406 valence electrons. The molecule has 0 amide bonds. The van der Waals surface area contributed by atoms with Crippen molar-refractivity contribution in [1.82, 2.24) is 0 Å². The number of hydrogen-bond acceptors (Lipinski definition) is 5. The number of hydrogen-bond donors (Lipinski definition) is 1. The Morgan fingerprint density at radius 3 is 0.647 bits per heavy atom. The van der Waals surface area contributed by atoms with Gasteiger partial charge >= 0.3 is 11.9 Å². The summed E-state index contributed by atoms with van der Waals surface area (Å²) in [7, 11) is 0. The molecule has 0 rings (SSSR count). The van der Waals surface area contributed by atoms with Crippen molar-refractivity contribution in [3.05, 3.63) is 0 Å². The topological polar surface area (TPSA) is 72.8 Å². The number of aliphatic hydroxyl groups excluding tert-OH is 1. The van der Waals surface area contributed by atoms with Crippen LogP contribution in [0.25, 0.3) is 0 Å². The molecule has 0 radical (unpaired) electrons. The van der Waals surface area contributed by atoms with Crippen molar-refractivity contribution >= 4 is 11.9 Å². The first kappa shape index (κ1) is 66.9. The van der Waals surface area contributed by atoms with Crippen LogP contribution in [0.2, 0.25) is 0 Å². The first-order valence-electron chi connectivity index (χ1n) is 31.6. The maximum absolute atomic E-state index is 12.3. The van der Waals surface area contributed by atoms with Crippen molar-refractivity contribution in [2.75, 3.05) is 13.2 Å². The SMILES string of the molecule is CCCCCCCCCCCCCCCCCCCCCCCCCCCCCCCCCC(=O)OC(CO)COC(=O)CCCCCCCCCCCCCCCCCCCCCCCCC. The second-order valence-corrected chi connectivity index (χ2v) is 21.9. The summed E-state index contributed by atoms with van der Waals surface area (Å²) >= 11 is 0. The predicted octanol–water partition coefficient (Wildman–Crippen LogP) is 21.3. The Labute approximate surface area is 427 Å². The zero-order chi connectivity index (χ0) is 49.2. The molecule has 1 unspecified atom stereocenters. The average Bonchev–Trinajstić information content (AvgIpc) is 3.34. The molecule has 0 spiro atoms. The minimum atomic E-state index is -0.765. The van der Waals surface area contributed by atoms with Crippen LogP contribution in [0.4, 0.5) is 0 Å². The highest BCUT2D eigenvalue weighted by Gasteiger charge is 2.16. The Kier molecular flexibility index (Phi) is 59.2. The van der Waals surface area contributed by atoms with Crippen molar-refractivity contribution in [1.29, 1.82) is 0 Å². The van der Waals surface area contributed by atoms with E-state index in [0.717, 1.165) is 32.1 Å². The Morgan fingerprint density at radius 2 is 0.456 bits per heavy atom. The van der Waals surface area contributed by atoms with Gasteiger partial charge in [0.15, 0.2) is 6.10 Å². The monoisotopic (exact) mass is 961 g/mol. The van der Waals surface area contributed by atoms with Gasteiger partial charge < -0.3 is 14.6 Å². The van der Waals surface area contributed by atoms with E-state index in [1.165, 1.54) is 315 Å².